The molecule has 1 saturated heterocycles. The fraction of sp³-hybridized carbons (Fsp3) is 0.333. The molecule has 0 aromatic heterocycles. The summed E-state index contributed by atoms with van der Waals surface area (Å²) in [6, 6.07) is 7.14. The van der Waals surface area contributed by atoms with Gasteiger partial charge in [0.2, 0.25) is 0 Å². The zero-order valence-electron chi connectivity index (χ0n) is 9.62. The minimum Gasteiger partial charge on any atom is -0.369 e. The van der Waals surface area contributed by atoms with Gasteiger partial charge in [-0.1, -0.05) is 36.2 Å². The number of ether oxygens (including phenoxy) is 1. The maximum Gasteiger partial charge on any atom is 0.264 e. The predicted molar refractivity (Wildman–Crippen MR) is 65.7 cm³/mol. The molecule has 17 heavy (non-hydrogen) atoms. The molecule has 0 spiro atoms. The first-order chi connectivity index (χ1) is 8.22. The van der Waals surface area contributed by atoms with Crippen LogP contribution in [0.25, 0.3) is 0 Å². The summed E-state index contributed by atoms with van der Waals surface area (Å²) in [4.78, 5) is 22.2. The van der Waals surface area contributed by atoms with Gasteiger partial charge in [-0.15, -0.1) is 0 Å². The van der Waals surface area contributed by atoms with Gasteiger partial charge in [0, 0.05) is 18.9 Å². The Morgan fingerprint density at radius 2 is 2.00 bits per heavy atom. The maximum absolute atomic E-state index is 11.7. The van der Waals surface area contributed by atoms with E-state index in [1.165, 1.54) is 19.1 Å². The Kier molecular flexibility index (Phi) is 3.49. The number of benzene rings is 1. The first-order valence-corrected chi connectivity index (χ1v) is 6.36. The molecular formula is C12H13NO3S. The zero-order chi connectivity index (χ0) is 12.4. The molecule has 1 aliphatic heterocycles. The summed E-state index contributed by atoms with van der Waals surface area (Å²) < 4.78 is 6.86. The van der Waals surface area contributed by atoms with Crippen molar-refractivity contribution >= 4 is 24.1 Å². The van der Waals surface area contributed by atoms with E-state index in [1.807, 2.05) is 18.4 Å². The first kappa shape index (κ1) is 12.1. The lowest BCUT2D eigenvalue weighted by Crippen LogP contribution is -2.55. The van der Waals surface area contributed by atoms with Crippen molar-refractivity contribution in [2.75, 3.05) is 13.4 Å². The van der Waals surface area contributed by atoms with E-state index in [9.17, 15) is 9.59 Å². The monoisotopic (exact) mass is 251 g/mol. The lowest BCUT2D eigenvalue weighted by molar-refractivity contribution is -0.158. The highest BCUT2D eigenvalue weighted by Gasteiger charge is 2.48. The molecule has 90 valence electrons. The first-order valence-electron chi connectivity index (χ1n) is 5.18. The molecular weight excluding hydrogens is 238 g/mol. The maximum atomic E-state index is 11.7. The average Bonchev–Trinajstić information content (AvgIpc) is 2.37. The Labute approximate surface area is 104 Å². The quantitative estimate of drug-likeness (QED) is 0.464. The van der Waals surface area contributed by atoms with Crippen molar-refractivity contribution in [2.45, 2.75) is 12.1 Å². The molecule has 1 aliphatic rings. The van der Waals surface area contributed by atoms with Gasteiger partial charge in [-0.3, -0.25) is 13.9 Å². The van der Waals surface area contributed by atoms with Gasteiger partial charge in [-0.25, -0.2) is 0 Å². The Morgan fingerprint density at radius 1 is 1.35 bits per heavy atom. The number of hydrogen-bond donors (Lipinski definition) is 0. The second-order valence-corrected chi connectivity index (χ2v) is 4.49. The van der Waals surface area contributed by atoms with Crippen LogP contribution >= 0.6 is 11.9 Å². The molecule has 1 aromatic rings. The molecule has 0 saturated carbocycles. The average molecular weight is 251 g/mol. The lowest BCUT2D eigenvalue weighted by Gasteiger charge is -2.44. The van der Waals surface area contributed by atoms with E-state index in [2.05, 4.69) is 0 Å². The third kappa shape index (κ3) is 1.96. The topological polar surface area (TPSA) is 46.6 Å². The molecule has 1 fully saturated rings. The molecule has 1 aromatic carbocycles. The number of amides is 1. The van der Waals surface area contributed by atoms with E-state index in [1.54, 1.807) is 16.4 Å². The zero-order valence-corrected chi connectivity index (χ0v) is 10.4. The minimum absolute atomic E-state index is 0.00976. The van der Waals surface area contributed by atoms with Crippen LogP contribution in [0.15, 0.2) is 24.3 Å². The fourth-order valence-corrected chi connectivity index (χ4v) is 2.70. The molecule has 0 radical (unpaired) electrons. The van der Waals surface area contributed by atoms with Crippen LogP contribution in [0.3, 0.4) is 0 Å². The summed E-state index contributed by atoms with van der Waals surface area (Å²) in [5, 5.41) is 0. The van der Waals surface area contributed by atoms with Crippen molar-refractivity contribution in [1.29, 1.82) is 0 Å². The largest absolute Gasteiger partial charge is 0.369 e. The molecule has 2 unspecified atom stereocenters. The standard InChI is InChI=1S/C12H13NO3S/c1-16-11-10(13(17-2)12(11)15)9-5-3-8(7-14)4-6-9/h3-7,10-11H,1-2H3. The highest BCUT2D eigenvalue weighted by molar-refractivity contribution is 7.96. The number of rotatable bonds is 4. The Morgan fingerprint density at radius 3 is 2.47 bits per heavy atom. The number of nitrogens with zero attached hydrogens (tertiary/aromatic N) is 1. The number of methoxy groups -OCH3 is 1. The van der Waals surface area contributed by atoms with Crippen LogP contribution in [-0.2, 0) is 9.53 Å². The molecule has 5 heteroatoms. The second-order valence-electron chi connectivity index (χ2n) is 3.73. The summed E-state index contributed by atoms with van der Waals surface area (Å²) in [6.45, 7) is 0. The van der Waals surface area contributed by atoms with Crippen LogP contribution in [0.4, 0.5) is 0 Å². The fourth-order valence-electron chi connectivity index (χ4n) is 1.95. The minimum atomic E-state index is -0.412. The highest BCUT2D eigenvalue weighted by Crippen LogP contribution is 2.40. The van der Waals surface area contributed by atoms with E-state index in [4.69, 9.17) is 4.74 Å². The van der Waals surface area contributed by atoms with E-state index in [0.29, 0.717) is 5.56 Å². The SMILES string of the molecule is COC1C(=O)N(SC)C1c1ccc(C=O)cc1. The van der Waals surface area contributed by atoms with Crippen LogP contribution in [0.1, 0.15) is 22.0 Å². The third-order valence-electron chi connectivity index (χ3n) is 2.86. The number of β-lactam (4-membered cyclic amide) rings is 1. The Balaban J connectivity index is 2.25. The normalized spacial score (nSPS) is 23.4. The van der Waals surface area contributed by atoms with Crippen LogP contribution in [0, 0.1) is 0 Å². The number of aldehydes is 1. The van der Waals surface area contributed by atoms with Crippen LogP contribution in [-0.4, -0.2) is 36.0 Å². The second kappa shape index (κ2) is 4.89. The van der Waals surface area contributed by atoms with Crippen molar-refractivity contribution in [3.63, 3.8) is 0 Å². The molecule has 4 nitrogen and oxygen atoms in total. The number of carbonyl (C=O) groups is 2. The van der Waals surface area contributed by atoms with Crippen LogP contribution in [0.5, 0.6) is 0 Å². The van der Waals surface area contributed by atoms with Gasteiger partial charge in [0.25, 0.3) is 5.91 Å². The van der Waals surface area contributed by atoms with E-state index in [0.717, 1.165) is 11.8 Å². The van der Waals surface area contributed by atoms with E-state index in [-0.39, 0.29) is 11.9 Å². The Bertz CT molecular complexity index is 418. The molecule has 0 bridgehead atoms. The number of hydrogen-bond acceptors (Lipinski definition) is 4. The molecule has 2 atom stereocenters. The van der Waals surface area contributed by atoms with Gasteiger partial charge in [-0.2, -0.15) is 0 Å². The molecule has 0 N–H and O–H groups in total. The smallest absolute Gasteiger partial charge is 0.264 e. The van der Waals surface area contributed by atoms with Crippen molar-refractivity contribution in [2.24, 2.45) is 0 Å². The summed E-state index contributed by atoms with van der Waals surface area (Å²) in [6.07, 6.45) is 2.25. The van der Waals surface area contributed by atoms with Gasteiger partial charge < -0.3 is 4.74 Å². The lowest BCUT2D eigenvalue weighted by atomic mass is 9.93. The third-order valence-corrected chi connectivity index (χ3v) is 3.67. The van der Waals surface area contributed by atoms with Crippen molar-refractivity contribution in [3.05, 3.63) is 35.4 Å². The van der Waals surface area contributed by atoms with E-state index >= 15 is 0 Å². The van der Waals surface area contributed by atoms with Crippen LogP contribution < -0.4 is 0 Å². The summed E-state index contributed by atoms with van der Waals surface area (Å²) >= 11 is 1.39. The summed E-state index contributed by atoms with van der Waals surface area (Å²) in [5.41, 5.74) is 1.61. The Hall–Kier alpha value is -1.33. The molecule has 1 heterocycles. The molecule has 0 aliphatic carbocycles. The predicted octanol–water partition coefficient (Wildman–Crippen LogP) is 1.68. The van der Waals surface area contributed by atoms with Gasteiger partial charge >= 0.3 is 0 Å². The van der Waals surface area contributed by atoms with Crippen molar-refractivity contribution in [3.8, 4) is 0 Å². The van der Waals surface area contributed by atoms with Gasteiger partial charge in [0.1, 0.15) is 12.3 Å². The van der Waals surface area contributed by atoms with Crippen molar-refractivity contribution in [1.82, 2.24) is 4.31 Å². The molecule has 2 rings (SSSR count). The highest BCUT2D eigenvalue weighted by atomic mass is 32.2. The van der Waals surface area contributed by atoms with E-state index < -0.39 is 6.10 Å². The summed E-state index contributed by atoms with van der Waals surface area (Å²) in [7, 11) is 1.53. The van der Waals surface area contributed by atoms with Crippen LogP contribution in [0.2, 0.25) is 0 Å². The summed E-state index contributed by atoms with van der Waals surface area (Å²) in [5.74, 6) is -0.00976. The van der Waals surface area contributed by atoms with Gasteiger partial charge in [0.15, 0.2) is 6.10 Å². The number of carbonyl (C=O) groups excluding carboxylic acids is 2. The van der Waals surface area contributed by atoms with Gasteiger partial charge in [0.05, 0.1) is 0 Å². The van der Waals surface area contributed by atoms with Gasteiger partial charge in [-0.05, 0) is 5.56 Å². The van der Waals surface area contributed by atoms with Crippen molar-refractivity contribution < 1.29 is 14.3 Å². The molecule has 1 amide bonds.